The molecule has 1 heterocycles. The summed E-state index contributed by atoms with van der Waals surface area (Å²) in [4.78, 5) is 13.1. The predicted molar refractivity (Wildman–Crippen MR) is 143 cm³/mol. The molecule has 3 rings (SSSR count). The average molecular weight is 536 g/mol. The van der Waals surface area contributed by atoms with Crippen LogP contribution in [0.4, 0.5) is 0 Å². The van der Waals surface area contributed by atoms with Gasteiger partial charge in [-0.1, -0.05) is 58.9 Å². The number of carbonyl (C=O) groups is 1. The lowest BCUT2D eigenvalue weighted by molar-refractivity contribution is -0.126. The molecular weight excluding hydrogens is 494 g/mol. The lowest BCUT2D eigenvalue weighted by Crippen LogP contribution is -2.56. The number of aliphatic hydroxyl groups excluding tert-OH is 1. The number of ether oxygens (including phenoxy) is 2. The molecule has 1 amide bonds. The number of hydrogen-bond donors (Lipinski definition) is 3. The zero-order valence-electron chi connectivity index (χ0n) is 22.4. The predicted octanol–water partition coefficient (Wildman–Crippen LogP) is 2.80. The molecule has 0 aromatic heterocycles. The van der Waals surface area contributed by atoms with Crippen molar-refractivity contribution >= 4 is 15.9 Å². The summed E-state index contributed by atoms with van der Waals surface area (Å²) in [5, 5.41) is 14.3. The van der Waals surface area contributed by atoms with Crippen molar-refractivity contribution < 1.29 is 27.8 Å². The molecule has 0 saturated heterocycles. The van der Waals surface area contributed by atoms with Gasteiger partial charge >= 0.3 is 0 Å². The topological polar surface area (TPSA) is 131 Å². The first-order valence-electron chi connectivity index (χ1n) is 12.8. The molecule has 0 radical (unpaired) electrons. The van der Waals surface area contributed by atoms with Gasteiger partial charge in [0.25, 0.3) is 0 Å². The number of rotatable bonds is 11. The molecule has 2 aliphatic rings. The highest BCUT2D eigenvalue weighted by Crippen LogP contribution is 2.35. The number of sulfonamides is 1. The van der Waals surface area contributed by atoms with Gasteiger partial charge in [-0.05, 0) is 42.2 Å². The second-order valence-electron chi connectivity index (χ2n) is 11.3. The number of carbonyl (C=O) groups excluding carboxylic acids is 1. The Morgan fingerprint density at radius 1 is 1.19 bits per heavy atom. The van der Waals surface area contributed by atoms with Gasteiger partial charge in [0.1, 0.15) is 0 Å². The van der Waals surface area contributed by atoms with E-state index in [0.29, 0.717) is 17.9 Å². The van der Waals surface area contributed by atoms with Gasteiger partial charge in [-0.2, -0.15) is 4.31 Å². The number of nitrogens with zero attached hydrogens (tertiary/aromatic N) is 1. The highest BCUT2D eigenvalue weighted by atomic mass is 32.2. The molecule has 1 aliphatic heterocycles. The Balaban J connectivity index is 1.85. The minimum atomic E-state index is -3.97. The maximum Gasteiger partial charge on any atom is 0.243 e. The molecule has 0 bridgehead atoms. The van der Waals surface area contributed by atoms with E-state index in [1.165, 1.54) is 16.4 Å². The summed E-state index contributed by atoms with van der Waals surface area (Å²) in [5.74, 6) is 0.581. The van der Waals surface area contributed by atoms with Crippen molar-refractivity contribution in [2.45, 2.75) is 70.5 Å². The van der Waals surface area contributed by atoms with Crippen molar-refractivity contribution in [3.63, 3.8) is 0 Å². The molecule has 0 fully saturated rings. The van der Waals surface area contributed by atoms with Crippen LogP contribution in [-0.2, 0) is 14.8 Å². The third kappa shape index (κ3) is 7.56. The molecule has 1 aliphatic carbocycles. The Hall–Kier alpha value is -2.40. The van der Waals surface area contributed by atoms with Crippen LogP contribution >= 0.6 is 0 Å². The zero-order valence-corrected chi connectivity index (χ0v) is 23.2. The normalized spacial score (nSPS) is 19.8. The number of allylic oxidation sites excluding steroid dienone is 4. The lowest BCUT2D eigenvalue weighted by atomic mass is 9.86. The molecule has 1 aromatic rings. The van der Waals surface area contributed by atoms with Crippen molar-refractivity contribution in [2.75, 3.05) is 19.9 Å². The Labute approximate surface area is 220 Å². The Morgan fingerprint density at radius 2 is 1.89 bits per heavy atom. The Morgan fingerprint density at radius 3 is 2.51 bits per heavy atom. The first kappa shape index (κ1) is 29.2. The monoisotopic (exact) mass is 535 g/mol. The molecule has 4 N–H and O–H groups in total. The quantitative estimate of drug-likeness (QED) is 0.397. The maximum absolute atomic E-state index is 13.7. The molecule has 9 nitrogen and oxygen atoms in total. The third-order valence-corrected chi connectivity index (χ3v) is 8.40. The van der Waals surface area contributed by atoms with Gasteiger partial charge in [-0.15, -0.1) is 0 Å². The summed E-state index contributed by atoms with van der Waals surface area (Å²) < 4.78 is 39.3. The fraction of sp³-hybridized carbons (Fsp3) is 0.593. The summed E-state index contributed by atoms with van der Waals surface area (Å²) in [6, 6.07) is 3.01. The molecule has 206 valence electrons. The largest absolute Gasteiger partial charge is 0.454 e. The van der Waals surface area contributed by atoms with E-state index in [0.717, 1.165) is 6.42 Å². The van der Waals surface area contributed by atoms with Crippen molar-refractivity contribution in [1.29, 1.82) is 0 Å². The van der Waals surface area contributed by atoms with Crippen LogP contribution in [0.25, 0.3) is 0 Å². The van der Waals surface area contributed by atoms with Crippen LogP contribution in [-0.4, -0.2) is 61.8 Å². The van der Waals surface area contributed by atoms with Gasteiger partial charge in [0.15, 0.2) is 11.5 Å². The van der Waals surface area contributed by atoms with Crippen molar-refractivity contribution in [3.05, 3.63) is 42.5 Å². The number of fused-ring (bicyclic) bond motifs is 1. The fourth-order valence-electron chi connectivity index (χ4n) is 4.31. The highest BCUT2D eigenvalue weighted by Gasteiger charge is 2.35. The molecule has 4 atom stereocenters. The van der Waals surface area contributed by atoms with Crippen LogP contribution in [0, 0.1) is 17.3 Å². The SMILES string of the molecule is CC(C)CN(C[C@@H](O)[C@H](C[C@H]1C=CC=CC1)NC(=O)[C@@H](N)C(C)(C)C)S(=O)(=O)c1ccc2c(c1)OCO2. The average Bonchev–Trinajstić information content (AvgIpc) is 3.30. The van der Waals surface area contributed by atoms with Crippen LogP contribution in [0.1, 0.15) is 47.5 Å². The number of hydrogen-bond acceptors (Lipinski definition) is 7. The highest BCUT2D eigenvalue weighted by molar-refractivity contribution is 7.89. The van der Waals surface area contributed by atoms with E-state index >= 15 is 0 Å². The van der Waals surface area contributed by atoms with E-state index in [1.807, 2.05) is 58.9 Å². The number of aliphatic hydroxyl groups is 1. The van der Waals surface area contributed by atoms with E-state index in [2.05, 4.69) is 5.32 Å². The number of nitrogens with two attached hydrogens (primary N) is 1. The minimum Gasteiger partial charge on any atom is -0.454 e. The number of amides is 1. The summed E-state index contributed by atoms with van der Waals surface area (Å²) in [6.45, 7) is 9.50. The van der Waals surface area contributed by atoms with Crippen molar-refractivity contribution in [1.82, 2.24) is 9.62 Å². The fourth-order valence-corrected chi connectivity index (χ4v) is 5.95. The molecule has 1 aromatic carbocycles. The summed E-state index contributed by atoms with van der Waals surface area (Å²) in [5.41, 5.74) is 5.71. The standard InChI is InChI=1S/C27H41N3O6S/c1-18(2)15-30(37(33,34)20-11-12-23-24(14-20)36-17-35-23)16-22(31)21(13-19-9-7-6-8-10-19)29-26(32)25(28)27(3,4)5/h6-9,11-12,14,18-19,21-22,25,31H,10,13,15-17,28H2,1-5H3,(H,29,32)/t19-,21-,22+,25+/m0/s1. The van der Waals surface area contributed by atoms with Crippen molar-refractivity contribution in [2.24, 2.45) is 23.0 Å². The smallest absolute Gasteiger partial charge is 0.243 e. The summed E-state index contributed by atoms with van der Waals surface area (Å²) in [7, 11) is -3.97. The van der Waals surface area contributed by atoms with Gasteiger partial charge < -0.3 is 25.6 Å². The van der Waals surface area contributed by atoms with Crippen molar-refractivity contribution in [3.8, 4) is 11.5 Å². The maximum atomic E-state index is 13.7. The molecule has 0 unspecified atom stereocenters. The Bertz CT molecular complexity index is 1110. The van der Waals surface area contributed by atoms with E-state index in [-0.39, 0.29) is 42.5 Å². The molecule has 0 spiro atoms. The van der Waals surface area contributed by atoms with Gasteiger partial charge in [-0.3, -0.25) is 4.79 Å². The molecule has 10 heteroatoms. The van der Waals surface area contributed by atoms with Gasteiger partial charge in [0.2, 0.25) is 22.7 Å². The van der Waals surface area contributed by atoms with E-state index in [1.54, 1.807) is 6.07 Å². The second kappa shape index (κ2) is 12.0. The van der Waals surface area contributed by atoms with Gasteiger partial charge in [-0.25, -0.2) is 8.42 Å². The van der Waals surface area contributed by atoms with Crippen LogP contribution in [0.15, 0.2) is 47.4 Å². The van der Waals surface area contributed by atoms with Gasteiger partial charge in [0, 0.05) is 19.2 Å². The lowest BCUT2D eigenvalue weighted by Gasteiger charge is -2.34. The summed E-state index contributed by atoms with van der Waals surface area (Å²) in [6.07, 6.45) is 8.03. The minimum absolute atomic E-state index is 0.00440. The number of benzene rings is 1. The molecular formula is C27H41N3O6S. The second-order valence-corrected chi connectivity index (χ2v) is 13.2. The van der Waals surface area contributed by atoms with Crippen LogP contribution < -0.4 is 20.5 Å². The van der Waals surface area contributed by atoms with E-state index in [9.17, 15) is 18.3 Å². The Kier molecular flexibility index (Phi) is 9.44. The molecule has 0 saturated carbocycles. The van der Waals surface area contributed by atoms with Gasteiger partial charge in [0.05, 0.1) is 23.1 Å². The van der Waals surface area contributed by atoms with E-state index in [4.69, 9.17) is 15.2 Å². The number of nitrogens with one attached hydrogen (secondary N) is 1. The first-order chi connectivity index (χ1) is 17.3. The summed E-state index contributed by atoms with van der Waals surface area (Å²) >= 11 is 0. The zero-order chi connectivity index (χ0) is 27.4. The van der Waals surface area contributed by atoms with E-state index < -0.39 is 33.6 Å². The molecule has 37 heavy (non-hydrogen) atoms. The van der Waals surface area contributed by atoms with Crippen LogP contribution in [0.5, 0.6) is 11.5 Å². The van der Waals surface area contributed by atoms with Crippen LogP contribution in [0.3, 0.4) is 0 Å². The third-order valence-electron chi connectivity index (χ3n) is 6.57. The van der Waals surface area contributed by atoms with Crippen LogP contribution in [0.2, 0.25) is 0 Å². The first-order valence-corrected chi connectivity index (χ1v) is 14.2.